The van der Waals surface area contributed by atoms with Crippen molar-refractivity contribution in [1.82, 2.24) is 0 Å². The summed E-state index contributed by atoms with van der Waals surface area (Å²) in [6, 6.07) is 0.979. The van der Waals surface area contributed by atoms with E-state index in [0.717, 1.165) is 6.07 Å². The van der Waals surface area contributed by atoms with Gasteiger partial charge in [0.1, 0.15) is 0 Å². The molecule has 0 rings (SSSR count). The molecule has 0 heterocycles. The number of allylic oxidation sites excluding steroid dienone is 2. The third-order valence-corrected chi connectivity index (χ3v) is 0.475. The summed E-state index contributed by atoms with van der Waals surface area (Å²) in [6.45, 7) is 0. The minimum Gasteiger partial charge on any atom is -0.869 e. The molecule has 0 aromatic rings. The van der Waals surface area contributed by atoms with Crippen molar-refractivity contribution in [3.05, 3.63) is 11.8 Å². The van der Waals surface area contributed by atoms with Gasteiger partial charge in [0.15, 0.2) is 0 Å². The predicted octanol–water partition coefficient (Wildman–Crippen LogP) is -2.68. The van der Waals surface area contributed by atoms with Gasteiger partial charge in [-0.25, -0.2) is 0 Å². The van der Waals surface area contributed by atoms with Crippen LogP contribution in [0.5, 0.6) is 0 Å². The normalized spacial score (nSPS) is 11.6. The average molecular weight is 159 g/mol. The first-order valence-corrected chi connectivity index (χ1v) is 1.82. The maximum absolute atomic E-state index is 11.1. The van der Waals surface area contributed by atoms with Crippen molar-refractivity contribution >= 4 is 0 Å². The zero-order valence-electron chi connectivity index (χ0n) is 5.07. The second kappa shape index (κ2) is 4.61. The monoisotopic (exact) mass is 159 g/mol. The van der Waals surface area contributed by atoms with E-state index in [9.17, 15) is 18.3 Å². The van der Waals surface area contributed by atoms with E-state index in [1.54, 1.807) is 0 Å². The first-order chi connectivity index (χ1) is 3.98. The van der Waals surface area contributed by atoms with Crippen molar-refractivity contribution in [2.75, 3.05) is 0 Å². The van der Waals surface area contributed by atoms with Gasteiger partial charge in [-0.1, -0.05) is 0 Å². The molecular weight excluding hydrogens is 158 g/mol. The van der Waals surface area contributed by atoms with Crippen LogP contribution in [-0.2, 0) is 0 Å². The fourth-order valence-electron chi connectivity index (χ4n) is 0.140. The molecule has 0 aliphatic carbocycles. The van der Waals surface area contributed by atoms with Crippen molar-refractivity contribution in [2.45, 2.75) is 6.18 Å². The van der Waals surface area contributed by atoms with Crippen molar-refractivity contribution in [3.63, 3.8) is 0 Å². The molecule has 0 aliphatic rings. The Labute approximate surface area is 77.2 Å². The Kier molecular flexibility index (Phi) is 5.76. The van der Waals surface area contributed by atoms with Crippen LogP contribution in [0.15, 0.2) is 11.8 Å². The van der Waals surface area contributed by atoms with Gasteiger partial charge in [0, 0.05) is 6.08 Å². The molecule has 0 radical (unpaired) electrons. The van der Waals surface area contributed by atoms with Gasteiger partial charge in [-0.2, -0.15) is 18.4 Å². The number of alkyl halides is 3. The zero-order valence-corrected chi connectivity index (χ0v) is 7.07. The average Bonchev–Trinajstić information content (AvgIpc) is 1.64. The van der Waals surface area contributed by atoms with Crippen LogP contribution in [0.4, 0.5) is 13.2 Å². The van der Waals surface area contributed by atoms with E-state index in [0.29, 0.717) is 0 Å². The zero-order chi connectivity index (χ0) is 7.49. The van der Waals surface area contributed by atoms with Gasteiger partial charge in [-0.05, 0) is 5.76 Å². The smallest absolute Gasteiger partial charge is 0.869 e. The summed E-state index contributed by atoms with van der Waals surface area (Å²) >= 11 is 0. The second-order valence-electron chi connectivity index (χ2n) is 1.14. The standard InChI is InChI=1S/C4H2F3NO.Na/c5-4(6,7)3(9)1-2-8;/h1,9H;/q;+1/p-1/b3-1-;. The third kappa shape index (κ3) is 4.68. The van der Waals surface area contributed by atoms with Crippen LogP contribution >= 0.6 is 0 Å². The molecule has 0 atom stereocenters. The molecule has 0 saturated carbocycles. The van der Waals surface area contributed by atoms with E-state index in [-0.39, 0.29) is 35.6 Å². The first-order valence-electron chi connectivity index (χ1n) is 1.82. The molecule has 0 amide bonds. The minimum absolute atomic E-state index is 0. The Morgan fingerprint density at radius 2 is 1.90 bits per heavy atom. The maximum atomic E-state index is 11.1. The van der Waals surface area contributed by atoms with Crippen molar-refractivity contribution in [3.8, 4) is 6.07 Å². The van der Waals surface area contributed by atoms with Crippen LogP contribution in [-0.4, -0.2) is 6.18 Å². The molecule has 0 unspecified atom stereocenters. The van der Waals surface area contributed by atoms with E-state index in [1.807, 2.05) is 0 Å². The summed E-state index contributed by atoms with van der Waals surface area (Å²) in [4.78, 5) is 0. The molecule has 10 heavy (non-hydrogen) atoms. The number of halogens is 3. The van der Waals surface area contributed by atoms with Crippen LogP contribution in [0.3, 0.4) is 0 Å². The van der Waals surface area contributed by atoms with E-state index in [2.05, 4.69) is 0 Å². The molecular formula is C4HF3NNaO. The molecule has 6 heteroatoms. The molecule has 0 aliphatic heterocycles. The van der Waals surface area contributed by atoms with Gasteiger partial charge in [-0.15, -0.1) is 0 Å². The molecule has 50 valence electrons. The third-order valence-electron chi connectivity index (χ3n) is 0.475. The van der Waals surface area contributed by atoms with Crippen LogP contribution in [0.1, 0.15) is 0 Å². The quantitative estimate of drug-likeness (QED) is 0.220. The molecule has 0 aromatic heterocycles. The van der Waals surface area contributed by atoms with Crippen LogP contribution in [0.25, 0.3) is 0 Å². The number of rotatable bonds is 0. The number of nitrogens with zero attached hydrogens (tertiary/aromatic N) is 1. The first kappa shape index (κ1) is 12.5. The van der Waals surface area contributed by atoms with Gasteiger partial charge in [0.05, 0.1) is 6.07 Å². The predicted molar refractivity (Wildman–Crippen MR) is 19.8 cm³/mol. The molecule has 0 saturated heterocycles. The summed E-state index contributed by atoms with van der Waals surface area (Å²) in [5.41, 5.74) is 0. The summed E-state index contributed by atoms with van der Waals surface area (Å²) < 4.78 is 33.3. The minimum atomic E-state index is -4.91. The Morgan fingerprint density at radius 3 is 2.00 bits per heavy atom. The number of hydrogen-bond donors (Lipinski definition) is 0. The molecule has 0 N–H and O–H groups in total. The van der Waals surface area contributed by atoms with E-state index < -0.39 is 11.9 Å². The molecule has 0 bridgehead atoms. The Hall–Kier alpha value is -0.180. The Balaban J connectivity index is 0. The van der Waals surface area contributed by atoms with Crippen LogP contribution in [0, 0.1) is 11.3 Å². The van der Waals surface area contributed by atoms with Gasteiger partial charge in [0.2, 0.25) is 0 Å². The fraction of sp³-hybridized carbons (Fsp3) is 0.250. The summed E-state index contributed by atoms with van der Waals surface area (Å²) in [6.07, 6.45) is -4.99. The van der Waals surface area contributed by atoms with Gasteiger partial charge < -0.3 is 5.11 Å². The largest absolute Gasteiger partial charge is 1.00 e. The van der Waals surface area contributed by atoms with E-state index in [1.165, 1.54) is 0 Å². The van der Waals surface area contributed by atoms with E-state index >= 15 is 0 Å². The van der Waals surface area contributed by atoms with Crippen LogP contribution < -0.4 is 34.7 Å². The second-order valence-corrected chi connectivity index (χ2v) is 1.14. The van der Waals surface area contributed by atoms with Gasteiger partial charge >= 0.3 is 35.7 Å². The maximum Gasteiger partial charge on any atom is 1.00 e. The number of nitriles is 1. The SMILES string of the molecule is N#C/C=C(\[O-])C(F)(F)F.[Na+]. The molecule has 2 nitrogen and oxygen atoms in total. The van der Waals surface area contributed by atoms with E-state index in [4.69, 9.17) is 5.26 Å². The van der Waals surface area contributed by atoms with Gasteiger partial charge in [-0.3, -0.25) is 0 Å². The fourth-order valence-corrected chi connectivity index (χ4v) is 0.140. The van der Waals surface area contributed by atoms with Crippen molar-refractivity contribution in [2.24, 2.45) is 0 Å². The van der Waals surface area contributed by atoms with Crippen LogP contribution in [0.2, 0.25) is 0 Å². The molecule has 0 aromatic carbocycles. The topological polar surface area (TPSA) is 46.8 Å². The van der Waals surface area contributed by atoms with Gasteiger partial charge in [0.25, 0.3) is 0 Å². The summed E-state index contributed by atoms with van der Waals surface area (Å²) in [7, 11) is 0. The summed E-state index contributed by atoms with van der Waals surface area (Å²) in [5, 5.41) is 17.2. The summed E-state index contributed by atoms with van der Waals surface area (Å²) in [5.74, 6) is -2.12. The Bertz CT molecular complexity index is 168. The Morgan fingerprint density at radius 1 is 1.50 bits per heavy atom. The molecule has 0 fully saturated rings. The number of hydrogen-bond acceptors (Lipinski definition) is 2. The molecule has 0 spiro atoms. The van der Waals surface area contributed by atoms with Crippen molar-refractivity contribution in [1.29, 1.82) is 5.26 Å². The van der Waals surface area contributed by atoms with Crippen molar-refractivity contribution < 1.29 is 47.8 Å².